The summed E-state index contributed by atoms with van der Waals surface area (Å²) in [4.78, 5) is 64.2. The molecule has 2 aliphatic heterocycles. The predicted octanol–water partition coefficient (Wildman–Crippen LogP) is 2.88. The highest BCUT2D eigenvalue weighted by molar-refractivity contribution is 6.01. The molecule has 2 heterocycles. The van der Waals surface area contributed by atoms with Gasteiger partial charge < -0.3 is 29.8 Å². The predicted molar refractivity (Wildman–Crippen MR) is 166 cm³/mol. The average molecular weight is 659 g/mol. The molecule has 12 heteroatoms. The second-order valence-electron chi connectivity index (χ2n) is 15.3. The standard InChI is InChI=1S/C35H50N2O10/c1-33-13-11-23(45-20-28(39)36-15-5-3-4-6-31(42)47-37-29(40)9-10-30(37)41)17-22(33)7-8-25-26(33)18-27(38)34(2)24(12-14-35(25,34)44)21-16-32(43)46-19-21/h16,22-27,38,44H,3-15,17-20H2,1-2H3,(H,36,39)/t22-,23+,24-,25-,26?,27-,33+,34+,35+/m1/s1. The Morgan fingerprint density at radius 1 is 1.00 bits per heavy atom. The van der Waals surface area contributed by atoms with Crippen molar-refractivity contribution in [3.05, 3.63) is 11.6 Å². The van der Waals surface area contributed by atoms with Crippen molar-refractivity contribution in [3.63, 3.8) is 0 Å². The molecule has 0 spiro atoms. The van der Waals surface area contributed by atoms with Crippen LogP contribution in [-0.2, 0) is 38.3 Å². The minimum absolute atomic E-state index is 0.00928. The number of amides is 3. The number of hydrogen-bond donors (Lipinski definition) is 3. The third-order valence-corrected chi connectivity index (χ3v) is 13.1. The minimum Gasteiger partial charge on any atom is -0.458 e. The van der Waals surface area contributed by atoms with Crippen LogP contribution in [0.15, 0.2) is 11.6 Å². The molecule has 0 aromatic heterocycles. The first-order valence-corrected chi connectivity index (χ1v) is 17.6. The Kier molecular flexibility index (Phi) is 9.59. The Hall–Kier alpha value is -2.83. The Morgan fingerprint density at radius 2 is 1.77 bits per heavy atom. The lowest BCUT2D eigenvalue weighted by Gasteiger charge is -2.65. The number of nitrogens with zero attached hydrogens (tertiary/aromatic N) is 1. The topological polar surface area (TPSA) is 169 Å². The molecule has 47 heavy (non-hydrogen) atoms. The van der Waals surface area contributed by atoms with Gasteiger partial charge >= 0.3 is 11.9 Å². The smallest absolute Gasteiger partial charge is 0.333 e. The largest absolute Gasteiger partial charge is 0.458 e. The number of unbranched alkanes of at least 4 members (excludes halogenated alkanes) is 2. The van der Waals surface area contributed by atoms with Gasteiger partial charge in [0.15, 0.2) is 0 Å². The number of fused-ring (bicyclic) bond motifs is 5. The van der Waals surface area contributed by atoms with Crippen LogP contribution < -0.4 is 5.32 Å². The van der Waals surface area contributed by atoms with Gasteiger partial charge in [-0.1, -0.05) is 20.3 Å². The molecule has 0 radical (unpaired) electrons. The highest BCUT2D eigenvalue weighted by Gasteiger charge is 2.70. The number of rotatable bonds is 11. The molecule has 9 atom stereocenters. The van der Waals surface area contributed by atoms with Gasteiger partial charge in [0.2, 0.25) is 5.91 Å². The van der Waals surface area contributed by atoms with Crippen LogP contribution in [0.2, 0.25) is 0 Å². The first kappa shape index (κ1) is 34.0. The van der Waals surface area contributed by atoms with Crippen LogP contribution in [0.25, 0.3) is 0 Å². The van der Waals surface area contributed by atoms with Gasteiger partial charge in [0.1, 0.15) is 13.2 Å². The summed E-state index contributed by atoms with van der Waals surface area (Å²) in [5.41, 5.74) is -0.836. The van der Waals surface area contributed by atoms with Crippen molar-refractivity contribution in [2.75, 3.05) is 19.8 Å². The molecule has 4 saturated carbocycles. The van der Waals surface area contributed by atoms with E-state index in [1.54, 1.807) is 6.08 Å². The van der Waals surface area contributed by atoms with Gasteiger partial charge in [-0.25, -0.2) is 9.59 Å². The first-order valence-electron chi connectivity index (χ1n) is 17.6. The third-order valence-electron chi connectivity index (χ3n) is 13.1. The lowest BCUT2D eigenvalue weighted by Crippen LogP contribution is -2.67. The number of aliphatic hydroxyl groups is 2. The number of hydrogen-bond acceptors (Lipinski definition) is 10. The Labute approximate surface area is 275 Å². The van der Waals surface area contributed by atoms with E-state index >= 15 is 0 Å². The van der Waals surface area contributed by atoms with Gasteiger partial charge in [0.05, 0.1) is 17.8 Å². The average Bonchev–Trinajstić information content (AvgIpc) is 3.69. The number of imide groups is 1. The lowest BCUT2D eigenvalue weighted by atomic mass is 9.42. The van der Waals surface area contributed by atoms with Gasteiger partial charge in [-0.3, -0.25) is 14.4 Å². The molecule has 0 aromatic carbocycles. The van der Waals surface area contributed by atoms with E-state index in [2.05, 4.69) is 12.2 Å². The molecule has 3 N–H and O–H groups in total. The van der Waals surface area contributed by atoms with E-state index < -0.39 is 34.9 Å². The molecule has 3 amide bonds. The number of aliphatic hydroxyl groups excluding tert-OH is 1. The number of carbonyl (C=O) groups excluding carboxylic acids is 5. The fourth-order valence-corrected chi connectivity index (χ4v) is 10.4. The van der Waals surface area contributed by atoms with Gasteiger partial charge in [-0.15, -0.1) is 5.06 Å². The Morgan fingerprint density at radius 3 is 2.49 bits per heavy atom. The zero-order valence-electron chi connectivity index (χ0n) is 27.7. The molecule has 5 fully saturated rings. The van der Waals surface area contributed by atoms with Crippen molar-refractivity contribution < 1.29 is 48.5 Å². The lowest BCUT2D eigenvalue weighted by molar-refractivity contribution is -0.245. The maximum atomic E-state index is 12.5. The van der Waals surface area contributed by atoms with Gasteiger partial charge in [-0.2, -0.15) is 0 Å². The summed E-state index contributed by atoms with van der Waals surface area (Å²) in [6, 6.07) is 0. The fourth-order valence-electron chi connectivity index (χ4n) is 10.4. The van der Waals surface area contributed by atoms with Crippen LogP contribution in [0, 0.1) is 34.5 Å². The van der Waals surface area contributed by atoms with Crippen molar-refractivity contribution in [1.82, 2.24) is 10.4 Å². The van der Waals surface area contributed by atoms with Crippen LogP contribution in [0.1, 0.15) is 104 Å². The van der Waals surface area contributed by atoms with E-state index in [0.29, 0.717) is 49.6 Å². The van der Waals surface area contributed by atoms with Crippen molar-refractivity contribution in [3.8, 4) is 0 Å². The number of nitrogens with one attached hydrogen (secondary N) is 1. The van der Waals surface area contributed by atoms with Crippen molar-refractivity contribution >= 4 is 29.7 Å². The van der Waals surface area contributed by atoms with E-state index in [9.17, 15) is 34.2 Å². The minimum atomic E-state index is -0.996. The summed E-state index contributed by atoms with van der Waals surface area (Å²) in [5, 5.41) is 27.6. The summed E-state index contributed by atoms with van der Waals surface area (Å²) < 4.78 is 11.3. The SMILES string of the molecule is C[C@]12[C@H](O)CC3[C@@H](CC[C@@H]4C[C@@H](OCC(=O)NCCCCCC(=O)ON5C(=O)CCC5=O)CC[C@]34C)[C@@]1(O)CC[C@@H]2C1=CC(=O)OC1. The van der Waals surface area contributed by atoms with Crippen LogP contribution in [-0.4, -0.2) is 82.5 Å². The zero-order chi connectivity index (χ0) is 33.6. The molecular formula is C35H50N2O10. The highest BCUT2D eigenvalue weighted by Crippen LogP contribution is 2.70. The van der Waals surface area contributed by atoms with Gasteiger partial charge in [0.25, 0.3) is 11.8 Å². The third kappa shape index (κ3) is 6.14. The maximum absolute atomic E-state index is 12.5. The zero-order valence-corrected chi connectivity index (χ0v) is 27.7. The van der Waals surface area contributed by atoms with E-state index in [0.717, 1.165) is 44.1 Å². The summed E-state index contributed by atoms with van der Waals surface area (Å²) in [5.74, 6) is -1.51. The Bertz CT molecular complexity index is 1300. The molecule has 0 aromatic rings. The highest BCUT2D eigenvalue weighted by atomic mass is 16.7. The quantitative estimate of drug-likeness (QED) is 0.171. The molecule has 1 unspecified atom stereocenters. The molecule has 4 aliphatic carbocycles. The van der Waals surface area contributed by atoms with Crippen molar-refractivity contribution in [2.24, 2.45) is 34.5 Å². The van der Waals surface area contributed by atoms with Crippen molar-refractivity contribution in [1.29, 1.82) is 0 Å². The molecule has 0 bridgehead atoms. The Balaban J connectivity index is 0.929. The summed E-state index contributed by atoms with van der Waals surface area (Å²) in [7, 11) is 0. The normalized spacial score (nSPS) is 39.5. The van der Waals surface area contributed by atoms with Gasteiger partial charge in [0, 0.05) is 37.3 Å². The molecule has 260 valence electrons. The summed E-state index contributed by atoms with van der Waals surface area (Å²) >= 11 is 0. The molecule has 6 rings (SSSR count). The van der Waals surface area contributed by atoms with Crippen LogP contribution in [0.3, 0.4) is 0 Å². The molecule has 1 saturated heterocycles. The fraction of sp³-hybridized carbons (Fsp3) is 0.800. The second-order valence-corrected chi connectivity index (χ2v) is 15.3. The number of ether oxygens (including phenoxy) is 2. The number of carbonyl (C=O) groups is 5. The monoisotopic (exact) mass is 658 g/mol. The molecule has 6 aliphatic rings. The van der Waals surface area contributed by atoms with Crippen LogP contribution >= 0.6 is 0 Å². The maximum Gasteiger partial charge on any atom is 0.333 e. The first-order chi connectivity index (χ1) is 22.4. The number of esters is 1. The summed E-state index contributed by atoms with van der Waals surface area (Å²) in [6.07, 6.45) is 9.45. The molecule has 12 nitrogen and oxygen atoms in total. The van der Waals surface area contributed by atoms with E-state index in [1.165, 1.54) is 0 Å². The number of cyclic esters (lactones) is 1. The molecular weight excluding hydrogens is 608 g/mol. The second kappa shape index (κ2) is 13.2. The van der Waals surface area contributed by atoms with E-state index in [1.807, 2.05) is 6.92 Å². The van der Waals surface area contributed by atoms with Gasteiger partial charge in [-0.05, 0) is 98.9 Å². The van der Waals surface area contributed by atoms with Crippen LogP contribution in [0.4, 0.5) is 0 Å². The summed E-state index contributed by atoms with van der Waals surface area (Å²) in [6.45, 7) is 5.06. The van der Waals surface area contributed by atoms with Crippen LogP contribution in [0.5, 0.6) is 0 Å². The van der Waals surface area contributed by atoms with E-state index in [4.69, 9.17) is 14.3 Å². The van der Waals surface area contributed by atoms with E-state index in [-0.39, 0.29) is 73.6 Å². The van der Waals surface area contributed by atoms with Crippen molar-refractivity contribution in [2.45, 2.75) is 122 Å². The number of hydroxylamine groups is 2.